The standard InChI is InChI=1S/C13H9ClFN3/c1-3-4-9(8(2)15)11-7-10(14)12-13(18-11)17-6-5-16-12/h3-7H,1-2H2/b9-4+. The molecule has 0 aliphatic heterocycles. The van der Waals surface area contributed by atoms with E-state index in [9.17, 15) is 4.39 Å². The Morgan fingerprint density at radius 2 is 2.06 bits per heavy atom. The average Bonchev–Trinajstić information content (AvgIpc) is 2.35. The Balaban J connectivity index is 2.69. The molecule has 0 aromatic carbocycles. The lowest BCUT2D eigenvalue weighted by Gasteiger charge is -2.05. The molecule has 0 spiro atoms. The molecule has 90 valence electrons. The molecule has 0 aliphatic rings. The maximum Gasteiger partial charge on any atom is 0.180 e. The van der Waals surface area contributed by atoms with Crippen molar-refractivity contribution in [1.29, 1.82) is 0 Å². The third-order valence-electron chi connectivity index (χ3n) is 2.25. The van der Waals surface area contributed by atoms with Crippen LogP contribution in [0.3, 0.4) is 0 Å². The molecule has 0 aliphatic carbocycles. The zero-order valence-corrected chi connectivity index (χ0v) is 10.2. The van der Waals surface area contributed by atoms with Crippen molar-refractivity contribution in [2.45, 2.75) is 0 Å². The van der Waals surface area contributed by atoms with Crippen LogP contribution < -0.4 is 0 Å². The minimum Gasteiger partial charge on any atom is -0.250 e. The van der Waals surface area contributed by atoms with Gasteiger partial charge in [0.15, 0.2) is 5.65 Å². The highest BCUT2D eigenvalue weighted by Crippen LogP contribution is 2.27. The van der Waals surface area contributed by atoms with Crippen LogP contribution >= 0.6 is 11.6 Å². The van der Waals surface area contributed by atoms with E-state index in [0.717, 1.165) is 0 Å². The van der Waals surface area contributed by atoms with Crippen molar-refractivity contribution >= 4 is 28.3 Å². The van der Waals surface area contributed by atoms with Crippen molar-refractivity contribution in [1.82, 2.24) is 15.0 Å². The number of aromatic nitrogens is 3. The lowest BCUT2D eigenvalue weighted by molar-refractivity contribution is 0.677. The SMILES string of the molecule is C=C/C=C(\C(=C)F)c1cc(Cl)c2nccnc2n1. The maximum absolute atomic E-state index is 13.3. The van der Waals surface area contributed by atoms with E-state index in [1.807, 2.05) is 0 Å². The van der Waals surface area contributed by atoms with Gasteiger partial charge >= 0.3 is 0 Å². The Labute approximate surface area is 108 Å². The molecule has 0 unspecified atom stereocenters. The smallest absolute Gasteiger partial charge is 0.180 e. The minimum absolute atomic E-state index is 0.222. The number of hydrogen-bond donors (Lipinski definition) is 0. The highest BCUT2D eigenvalue weighted by Gasteiger charge is 2.11. The van der Waals surface area contributed by atoms with Gasteiger partial charge in [0.05, 0.1) is 10.7 Å². The minimum atomic E-state index is -0.610. The number of pyridine rings is 1. The summed E-state index contributed by atoms with van der Waals surface area (Å²) in [4.78, 5) is 12.3. The third-order valence-corrected chi connectivity index (χ3v) is 2.54. The Morgan fingerprint density at radius 3 is 2.72 bits per heavy atom. The summed E-state index contributed by atoms with van der Waals surface area (Å²) in [6, 6.07) is 1.53. The lowest BCUT2D eigenvalue weighted by Crippen LogP contribution is -1.94. The normalized spacial score (nSPS) is 11.6. The van der Waals surface area contributed by atoms with E-state index in [1.54, 1.807) is 0 Å². The number of fused-ring (bicyclic) bond motifs is 1. The zero-order valence-electron chi connectivity index (χ0n) is 9.40. The van der Waals surface area contributed by atoms with Crippen molar-refractivity contribution in [3.8, 4) is 0 Å². The number of halogens is 2. The summed E-state index contributed by atoms with van der Waals surface area (Å²) in [5.74, 6) is -0.610. The van der Waals surface area contributed by atoms with E-state index in [-0.39, 0.29) is 5.57 Å². The quantitative estimate of drug-likeness (QED) is 0.790. The molecular formula is C13H9ClFN3. The van der Waals surface area contributed by atoms with Crippen molar-refractivity contribution in [2.75, 3.05) is 0 Å². The molecule has 0 fully saturated rings. The van der Waals surface area contributed by atoms with E-state index in [0.29, 0.717) is 21.9 Å². The molecule has 0 saturated carbocycles. The largest absolute Gasteiger partial charge is 0.250 e. The molecule has 2 heterocycles. The molecule has 2 aromatic heterocycles. The predicted molar refractivity (Wildman–Crippen MR) is 70.8 cm³/mol. The second-order valence-corrected chi connectivity index (χ2v) is 3.85. The molecular weight excluding hydrogens is 253 g/mol. The Morgan fingerprint density at radius 1 is 1.33 bits per heavy atom. The Hall–Kier alpha value is -2.07. The van der Waals surface area contributed by atoms with Gasteiger partial charge in [-0.3, -0.25) is 0 Å². The average molecular weight is 262 g/mol. The zero-order chi connectivity index (χ0) is 13.1. The molecule has 2 rings (SSSR count). The Kier molecular flexibility index (Phi) is 3.48. The molecule has 0 atom stereocenters. The van der Waals surface area contributed by atoms with Crippen LogP contribution in [0.15, 0.2) is 49.6 Å². The summed E-state index contributed by atoms with van der Waals surface area (Å²) in [6.45, 7) is 6.78. The van der Waals surface area contributed by atoms with Crippen molar-refractivity contribution in [2.24, 2.45) is 0 Å². The van der Waals surface area contributed by atoms with Crippen LogP contribution in [0.25, 0.3) is 16.7 Å². The number of rotatable bonds is 3. The topological polar surface area (TPSA) is 38.7 Å². The van der Waals surface area contributed by atoms with Crippen LogP contribution in [0.2, 0.25) is 5.02 Å². The fourth-order valence-electron chi connectivity index (χ4n) is 1.49. The van der Waals surface area contributed by atoms with Gasteiger partial charge in [-0.2, -0.15) is 0 Å². The second-order valence-electron chi connectivity index (χ2n) is 3.44. The molecule has 18 heavy (non-hydrogen) atoms. The number of nitrogens with zero attached hydrogens (tertiary/aromatic N) is 3. The summed E-state index contributed by atoms with van der Waals surface area (Å²) in [5, 5.41) is 0.360. The first kappa shape index (κ1) is 12.4. The third kappa shape index (κ3) is 2.28. The summed E-state index contributed by atoms with van der Waals surface area (Å²) in [6.07, 6.45) is 5.94. The molecule has 0 radical (unpaired) electrons. The number of allylic oxidation sites excluding steroid dienone is 4. The van der Waals surface area contributed by atoms with Crippen LogP contribution in [0.5, 0.6) is 0 Å². The first-order valence-corrected chi connectivity index (χ1v) is 5.46. The van der Waals surface area contributed by atoms with Gasteiger partial charge < -0.3 is 0 Å². The summed E-state index contributed by atoms with van der Waals surface area (Å²) in [7, 11) is 0. The molecule has 0 bridgehead atoms. The van der Waals surface area contributed by atoms with Gasteiger partial charge in [0, 0.05) is 18.0 Å². The van der Waals surface area contributed by atoms with Crippen LogP contribution in [0.1, 0.15) is 5.69 Å². The summed E-state index contributed by atoms with van der Waals surface area (Å²) < 4.78 is 13.3. The van der Waals surface area contributed by atoms with E-state index in [2.05, 4.69) is 28.1 Å². The van der Waals surface area contributed by atoms with E-state index >= 15 is 0 Å². The van der Waals surface area contributed by atoms with Crippen molar-refractivity contribution in [3.05, 3.63) is 60.3 Å². The first-order chi connectivity index (χ1) is 8.63. The van der Waals surface area contributed by atoms with Gasteiger partial charge in [-0.25, -0.2) is 19.3 Å². The van der Waals surface area contributed by atoms with Crippen LogP contribution in [0.4, 0.5) is 4.39 Å². The molecule has 3 nitrogen and oxygen atoms in total. The maximum atomic E-state index is 13.3. The van der Waals surface area contributed by atoms with Crippen LogP contribution in [-0.2, 0) is 0 Å². The van der Waals surface area contributed by atoms with Crippen molar-refractivity contribution < 1.29 is 4.39 Å². The molecule has 0 amide bonds. The fraction of sp³-hybridized carbons (Fsp3) is 0. The molecule has 0 N–H and O–H groups in total. The van der Waals surface area contributed by atoms with Gasteiger partial charge in [0.1, 0.15) is 11.3 Å². The van der Waals surface area contributed by atoms with E-state index < -0.39 is 5.83 Å². The van der Waals surface area contributed by atoms with Crippen molar-refractivity contribution in [3.63, 3.8) is 0 Å². The van der Waals surface area contributed by atoms with Gasteiger partial charge in [-0.05, 0) is 6.07 Å². The van der Waals surface area contributed by atoms with Gasteiger partial charge in [0.25, 0.3) is 0 Å². The van der Waals surface area contributed by atoms with E-state index in [1.165, 1.54) is 30.6 Å². The van der Waals surface area contributed by atoms with E-state index in [4.69, 9.17) is 11.6 Å². The van der Waals surface area contributed by atoms with Gasteiger partial charge in [-0.1, -0.05) is 36.9 Å². The van der Waals surface area contributed by atoms with Crippen LogP contribution in [0, 0.1) is 0 Å². The summed E-state index contributed by atoms with van der Waals surface area (Å²) in [5.41, 5.74) is 1.40. The van der Waals surface area contributed by atoms with Crippen LogP contribution in [-0.4, -0.2) is 15.0 Å². The Bertz CT molecular complexity index is 664. The molecule has 2 aromatic rings. The monoisotopic (exact) mass is 261 g/mol. The molecule has 0 saturated heterocycles. The highest BCUT2D eigenvalue weighted by molar-refractivity contribution is 6.34. The predicted octanol–water partition coefficient (Wildman–Crippen LogP) is 3.73. The second kappa shape index (κ2) is 5.06. The lowest BCUT2D eigenvalue weighted by atomic mass is 10.1. The number of hydrogen-bond acceptors (Lipinski definition) is 3. The van der Waals surface area contributed by atoms with Gasteiger partial charge in [0.2, 0.25) is 0 Å². The fourth-order valence-corrected chi connectivity index (χ4v) is 1.72. The molecule has 5 heteroatoms. The summed E-state index contributed by atoms with van der Waals surface area (Å²) >= 11 is 6.06. The highest BCUT2D eigenvalue weighted by atomic mass is 35.5. The van der Waals surface area contributed by atoms with Gasteiger partial charge in [-0.15, -0.1) is 0 Å². The first-order valence-electron chi connectivity index (χ1n) is 5.08.